The van der Waals surface area contributed by atoms with Crippen LogP contribution in [0.3, 0.4) is 0 Å². The van der Waals surface area contributed by atoms with Crippen LogP contribution >= 0.6 is 0 Å². The molecule has 3 atom stereocenters. The van der Waals surface area contributed by atoms with E-state index in [1.54, 1.807) is 0 Å². The van der Waals surface area contributed by atoms with E-state index in [9.17, 15) is 14.6 Å². The van der Waals surface area contributed by atoms with Gasteiger partial charge in [0.2, 0.25) is 0 Å². The van der Waals surface area contributed by atoms with Crippen molar-refractivity contribution in [3.05, 3.63) is 29.8 Å². The van der Waals surface area contributed by atoms with E-state index < -0.39 is 11.9 Å². The molecule has 3 rings (SSSR count). The van der Waals surface area contributed by atoms with Gasteiger partial charge in [-0.15, -0.1) is 0 Å². The Morgan fingerprint density at radius 1 is 1.35 bits per heavy atom. The van der Waals surface area contributed by atoms with E-state index in [-0.39, 0.29) is 17.4 Å². The normalized spacial score (nSPS) is 28.1. The average molecular weight is 324 g/mol. The molecule has 1 saturated carbocycles. The smallest absolute Gasteiger partial charge is 0.141 e. The van der Waals surface area contributed by atoms with Gasteiger partial charge in [0, 0.05) is 31.7 Å². The topological polar surface area (TPSA) is 74.6 Å². The number of hydrogen-bond donors (Lipinski definition) is 3. The van der Waals surface area contributed by atoms with Gasteiger partial charge < -0.3 is 20.3 Å². The molecule has 6 heteroatoms. The van der Waals surface area contributed by atoms with Crippen molar-refractivity contribution in [3.8, 4) is 0 Å². The third-order valence-corrected chi connectivity index (χ3v) is 5.41. The monoisotopic (exact) mass is 324 g/mol. The Hall–Kier alpha value is -1.08. The van der Waals surface area contributed by atoms with Gasteiger partial charge in [-0.3, -0.25) is 4.98 Å². The SMILES string of the molecule is OC(CNCC1CCC2(CCOCC2)C1O)c1ccc(F)cn1. The van der Waals surface area contributed by atoms with Gasteiger partial charge in [0.25, 0.3) is 0 Å². The van der Waals surface area contributed by atoms with Crippen LogP contribution in [0.1, 0.15) is 37.5 Å². The van der Waals surface area contributed by atoms with Crippen LogP contribution in [0.4, 0.5) is 4.39 Å². The van der Waals surface area contributed by atoms with Gasteiger partial charge >= 0.3 is 0 Å². The van der Waals surface area contributed by atoms with Gasteiger partial charge in [0.15, 0.2) is 0 Å². The third kappa shape index (κ3) is 3.71. The number of ether oxygens (including phenoxy) is 1. The molecular weight excluding hydrogens is 299 g/mol. The first-order valence-corrected chi connectivity index (χ1v) is 8.37. The molecule has 5 nitrogen and oxygen atoms in total. The van der Waals surface area contributed by atoms with Crippen LogP contribution in [0.25, 0.3) is 0 Å². The van der Waals surface area contributed by atoms with Crippen molar-refractivity contribution >= 4 is 0 Å². The highest BCUT2D eigenvalue weighted by Crippen LogP contribution is 2.48. The molecular formula is C17H25FN2O3. The summed E-state index contributed by atoms with van der Waals surface area (Å²) < 4.78 is 18.2. The van der Waals surface area contributed by atoms with E-state index >= 15 is 0 Å². The predicted octanol–water partition coefficient (Wildman–Crippen LogP) is 1.41. The summed E-state index contributed by atoms with van der Waals surface area (Å²) in [5, 5.41) is 23.9. The van der Waals surface area contributed by atoms with Crippen LogP contribution in [0.15, 0.2) is 18.3 Å². The minimum absolute atomic E-state index is 0.0295. The average Bonchev–Trinajstić information content (AvgIpc) is 2.86. The minimum atomic E-state index is -0.772. The van der Waals surface area contributed by atoms with Crippen LogP contribution in [0, 0.1) is 17.2 Å². The van der Waals surface area contributed by atoms with Crippen LogP contribution < -0.4 is 5.32 Å². The summed E-state index contributed by atoms with van der Waals surface area (Å²) in [4.78, 5) is 3.88. The summed E-state index contributed by atoms with van der Waals surface area (Å²) in [5.74, 6) is -0.203. The summed E-state index contributed by atoms with van der Waals surface area (Å²) in [6.07, 6.45) is 3.95. The zero-order valence-electron chi connectivity index (χ0n) is 13.2. The molecule has 1 spiro atoms. The number of aliphatic hydroxyl groups is 2. The van der Waals surface area contributed by atoms with E-state index in [1.807, 2.05) is 0 Å². The second-order valence-electron chi connectivity index (χ2n) is 6.79. The molecule has 128 valence electrons. The molecule has 0 bridgehead atoms. The highest BCUT2D eigenvalue weighted by molar-refractivity contribution is 5.08. The molecule has 1 aromatic heterocycles. The van der Waals surface area contributed by atoms with E-state index in [1.165, 1.54) is 12.1 Å². The largest absolute Gasteiger partial charge is 0.392 e. The Labute approximate surface area is 135 Å². The Morgan fingerprint density at radius 2 is 2.13 bits per heavy atom. The first-order valence-electron chi connectivity index (χ1n) is 8.37. The zero-order chi connectivity index (χ0) is 16.3. The fourth-order valence-corrected chi connectivity index (χ4v) is 3.91. The fraction of sp³-hybridized carbons (Fsp3) is 0.706. The van der Waals surface area contributed by atoms with Crippen LogP contribution in [-0.2, 0) is 4.74 Å². The van der Waals surface area contributed by atoms with Crippen molar-refractivity contribution in [3.63, 3.8) is 0 Å². The molecule has 0 aromatic carbocycles. The lowest BCUT2D eigenvalue weighted by atomic mass is 9.76. The first-order chi connectivity index (χ1) is 11.1. The number of halogens is 1. The second kappa shape index (κ2) is 7.21. The van der Waals surface area contributed by atoms with E-state index in [2.05, 4.69) is 10.3 Å². The molecule has 3 N–H and O–H groups in total. The van der Waals surface area contributed by atoms with E-state index in [4.69, 9.17) is 4.74 Å². The van der Waals surface area contributed by atoms with Gasteiger partial charge in [0.05, 0.1) is 18.0 Å². The lowest BCUT2D eigenvalue weighted by molar-refractivity contribution is -0.0558. The van der Waals surface area contributed by atoms with Gasteiger partial charge in [-0.05, 0) is 43.7 Å². The molecule has 3 unspecified atom stereocenters. The van der Waals surface area contributed by atoms with Crippen LogP contribution in [0.2, 0.25) is 0 Å². The molecule has 1 aromatic rings. The maximum absolute atomic E-state index is 12.8. The Balaban J connectivity index is 1.46. The number of hydrogen-bond acceptors (Lipinski definition) is 5. The van der Waals surface area contributed by atoms with Crippen molar-refractivity contribution < 1.29 is 19.3 Å². The third-order valence-electron chi connectivity index (χ3n) is 5.41. The second-order valence-corrected chi connectivity index (χ2v) is 6.79. The summed E-state index contributed by atoms with van der Waals surface area (Å²) in [7, 11) is 0. The predicted molar refractivity (Wildman–Crippen MR) is 83.2 cm³/mol. The molecule has 0 amide bonds. The standard InChI is InChI=1S/C17H25FN2O3/c18-13-1-2-14(20-10-13)15(21)11-19-9-12-3-4-17(16(12)22)5-7-23-8-6-17/h1-2,10,12,15-16,19,21-22H,3-9,11H2. The highest BCUT2D eigenvalue weighted by atomic mass is 19.1. The van der Waals surface area contributed by atoms with Crippen molar-refractivity contribution in [2.75, 3.05) is 26.3 Å². The van der Waals surface area contributed by atoms with Crippen molar-refractivity contribution in [1.82, 2.24) is 10.3 Å². The molecule has 1 aliphatic carbocycles. The molecule has 23 heavy (non-hydrogen) atoms. The Kier molecular flexibility index (Phi) is 5.26. The van der Waals surface area contributed by atoms with Crippen molar-refractivity contribution in [1.29, 1.82) is 0 Å². The molecule has 2 heterocycles. The van der Waals surface area contributed by atoms with E-state index in [0.717, 1.165) is 45.1 Å². The number of nitrogens with one attached hydrogen (secondary N) is 1. The fourth-order valence-electron chi connectivity index (χ4n) is 3.91. The maximum atomic E-state index is 12.8. The number of aromatic nitrogens is 1. The maximum Gasteiger partial charge on any atom is 0.141 e. The lowest BCUT2D eigenvalue weighted by Gasteiger charge is -2.37. The number of pyridine rings is 1. The lowest BCUT2D eigenvalue weighted by Crippen LogP contribution is -2.41. The molecule has 2 fully saturated rings. The molecule has 2 aliphatic rings. The van der Waals surface area contributed by atoms with Crippen molar-refractivity contribution in [2.45, 2.75) is 37.9 Å². The molecule has 0 radical (unpaired) electrons. The molecule has 1 saturated heterocycles. The quantitative estimate of drug-likeness (QED) is 0.764. The number of aliphatic hydroxyl groups excluding tert-OH is 2. The number of rotatable bonds is 5. The highest BCUT2D eigenvalue weighted by Gasteiger charge is 2.47. The van der Waals surface area contributed by atoms with Crippen LogP contribution in [-0.4, -0.2) is 47.6 Å². The summed E-state index contributed by atoms with van der Waals surface area (Å²) >= 11 is 0. The summed E-state index contributed by atoms with van der Waals surface area (Å²) in [6.45, 7) is 2.50. The van der Waals surface area contributed by atoms with Gasteiger partial charge in [-0.2, -0.15) is 0 Å². The summed E-state index contributed by atoms with van der Waals surface area (Å²) in [5.41, 5.74) is 0.480. The first kappa shape index (κ1) is 16.8. The Bertz CT molecular complexity index is 505. The van der Waals surface area contributed by atoms with Crippen molar-refractivity contribution in [2.24, 2.45) is 11.3 Å². The van der Waals surface area contributed by atoms with E-state index in [0.29, 0.717) is 18.8 Å². The number of nitrogens with zero attached hydrogens (tertiary/aromatic N) is 1. The Morgan fingerprint density at radius 3 is 2.83 bits per heavy atom. The molecule has 1 aliphatic heterocycles. The van der Waals surface area contributed by atoms with Gasteiger partial charge in [-0.25, -0.2) is 4.39 Å². The summed E-state index contributed by atoms with van der Waals surface area (Å²) in [6, 6.07) is 2.78. The van der Waals surface area contributed by atoms with Crippen LogP contribution in [0.5, 0.6) is 0 Å². The van der Waals surface area contributed by atoms with Gasteiger partial charge in [-0.1, -0.05) is 0 Å². The van der Waals surface area contributed by atoms with Gasteiger partial charge in [0.1, 0.15) is 11.9 Å². The minimum Gasteiger partial charge on any atom is -0.392 e. The zero-order valence-corrected chi connectivity index (χ0v) is 13.2.